The summed E-state index contributed by atoms with van der Waals surface area (Å²) >= 11 is 0. The number of nitrogens with two attached hydrogens (primary N) is 1. The van der Waals surface area contributed by atoms with Gasteiger partial charge in [0, 0.05) is 34.7 Å². The number of aromatic nitrogens is 4. The highest BCUT2D eigenvalue weighted by Gasteiger charge is 2.23. The van der Waals surface area contributed by atoms with Gasteiger partial charge in [-0.15, -0.1) is 0 Å². The lowest BCUT2D eigenvalue weighted by Gasteiger charge is -2.18. The average Bonchev–Trinajstić information content (AvgIpc) is 3.29. The molecule has 4 rings (SSSR count). The zero-order chi connectivity index (χ0) is 23.4. The number of carbonyl (C=O) groups is 1. The van der Waals surface area contributed by atoms with Gasteiger partial charge in [-0.2, -0.15) is 14.9 Å². The van der Waals surface area contributed by atoms with Crippen molar-refractivity contribution in [2.24, 2.45) is 5.92 Å². The molecule has 2 atom stereocenters. The molecule has 0 saturated heterocycles. The van der Waals surface area contributed by atoms with E-state index in [1.165, 1.54) is 4.52 Å². The molecule has 0 amide bonds. The quantitative estimate of drug-likeness (QED) is 0.387. The second kappa shape index (κ2) is 9.61. The zero-order valence-corrected chi connectivity index (χ0v) is 18.8. The monoisotopic (exact) mass is 438 g/mol. The van der Waals surface area contributed by atoms with Crippen molar-refractivity contribution >= 4 is 17.8 Å². The van der Waals surface area contributed by atoms with Crippen LogP contribution in [0.15, 0.2) is 54.9 Å². The van der Waals surface area contributed by atoms with Crippen LogP contribution in [0.3, 0.4) is 0 Å². The van der Waals surface area contributed by atoms with E-state index in [9.17, 15) is 10.1 Å². The summed E-state index contributed by atoms with van der Waals surface area (Å²) in [6, 6.07) is 16.2. The molecular weight excluding hydrogens is 412 g/mol. The van der Waals surface area contributed by atoms with Crippen molar-refractivity contribution in [1.82, 2.24) is 19.6 Å². The van der Waals surface area contributed by atoms with Gasteiger partial charge in [-0.1, -0.05) is 50.2 Å². The van der Waals surface area contributed by atoms with Crippen molar-refractivity contribution in [3.63, 3.8) is 0 Å². The van der Waals surface area contributed by atoms with E-state index in [2.05, 4.69) is 23.1 Å². The van der Waals surface area contributed by atoms with E-state index in [1.807, 2.05) is 49.4 Å². The number of aldehydes is 1. The first-order valence-corrected chi connectivity index (χ1v) is 11.1. The Morgan fingerprint density at radius 2 is 1.91 bits per heavy atom. The molecule has 1 unspecified atom stereocenters. The molecule has 4 aromatic rings. The number of nitrogen functional groups attached to an aromatic ring is 1. The van der Waals surface area contributed by atoms with Crippen LogP contribution in [0.1, 0.15) is 50.3 Å². The summed E-state index contributed by atoms with van der Waals surface area (Å²) in [5.74, 6) is 0.264. The maximum atomic E-state index is 11.1. The predicted molar refractivity (Wildman–Crippen MR) is 128 cm³/mol. The molecule has 0 spiro atoms. The normalized spacial score (nSPS) is 12.9. The third-order valence-corrected chi connectivity index (χ3v) is 6.05. The fraction of sp³-hybridized carbons (Fsp3) is 0.269. The Morgan fingerprint density at radius 3 is 2.55 bits per heavy atom. The standard InChI is InChI=1S/C26H26N6O/c1-3-18(10-9-17(2)16-33)24-21(13-27)25(28)32-26(31-24)22(15-30-32)20-11-12-23(29-14-20)19-7-5-4-6-8-19/h4-8,11-12,14-18H,3,9-10,28H2,1-2H3/t17-,18?/m1/s1. The predicted octanol–water partition coefficient (Wildman–Crippen LogP) is 5.02. The molecule has 7 heteroatoms. The van der Waals surface area contributed by atoms with E-state index in [0.717, 1.165) is 47.9 Å². The van der Waals surface area contributed by atoms with E-state index in [4.69, 9.17) is 10.7 Å². The minimum atomic E-state index is -0.0367. The number of pyridine rings is 1. The molecule has 0 aliphatic carbocycles. The van der Waals surface area contributed by atoms with Gasteiger partial charge in [0.05, 0.1) is 17.6 Å². The van der Waals surface area contributed by atoms with Crippen LogP contribution < -0.4 is 5.73 Å². The highest BCUT2D eigenvalue weighted by atomic mass is 16.1. The molecule has 7 nitrogen and oxygen atoms in total. The third-order valence-electron chi connectivity index (χ3n) is 6.05. The maximum Gasteiger partial charge on any atom is 0.165 e. The van der Waals surface area contributed by atoms with Crippen LogP contribution in [0.5, 0.6) is 0 Å². The smallest absolute Gasteiger partial charge is 0.165 e. The van der Waals surface area contributed by atoms with Crippen molar-refractivity contribution < 1.29 is 4.79 Å². The summed E-state index contributed by atoms with van der Waals surface area (Å²) in [6.07, 6.45) is 6.75. The van der Waals surface area contributed by atoms with Gasteiger partial charge >= 0.3 is 0 Å². The van der Waals surface area contributed by atoms with Crippen molar-refractivity contribution in [3.8, 4) is 28.5 Å². The number of nitriles is 1. The lowest BCUT2D eigenvalue weighted by Crippen LogP contribution is -2.12. The first-order valence-electron chi connectivity index (χ1n) is 11.1. The van der Waals surface area contributed by atoms with Gasteiger partial charge in [0.2, 0.25) is 0 Å². The number of rotatable bonds is 8. The Bertz CT molecular complexity index is 1300. The lowest BCUT2D eigenvalue weighted by atomic mass is 9.90. The van der Waals surface area contributed by atoms with Gasteiger partial charge in [-0.3, -0.25) is 4.98 Å². The zero-order valence-electron chi connectivity index (χ0n) is 18.8. The topological polar surface area (TPSA) is 110 Å². The number of fused-ring (bicyclic) bond motifs is 1. The molecule has 0 fully saturated rings. The van der Waals surface area contributed by atoms with Gasteiger partial charge in [-0.25, -0.2) is 4.98 Å². The Morgan fingerprint density at radius 1 is 1.12 bits per heavy atom. The maximum absolute atomic E-state index is 11.1. The van der Waals surface area contributed by atoms with Gasteiger partial charge in [0.1, 0.15) is 23.7 Å². The summed E-state index contributed by atoms with van der Waals surface area (Å²) in [7, 11) is 0. The van der Waals surface area contributed by atoms with E-state index in [0.29, 0.717) is 16.9 Å². The van der Waals surface area contributed by atoms with E-state index in [1.54, 1.807) is 12.4 Å². The first kappa shape index (κ1) is 22.2. The first-order chi connectivity index (χ1) is 16.1. The Hall–Kier alpha value is -4.05. The van der Waals surface area contributed by atoms with Gasteiger partial charge < -0.3 is 10.5 Å². The van der Waals surface area contributed by atoms with Crippen LogP contribution in [0, 0.1) is 17.2 Å². The molecule has 3 heterocycles. The highest BCUT2D eigenvalue weighted by molar-refractivity contribution is 5.79. The SMILES string of the molecule is CCC(CC[C@@H](C)C=O)c1nc2c(-c3ccc(-c4ccccc4)nc3)cnn2c(N)c1C#N. The average molecular weight is 439 g/mol. The fourth-order valence-corrected chi connectivity index (χ4v) is 4.05. The van der Waals surface area contributed by atoms with Crippen molar-refractivity contribution in [1.29, 1.82) is 5.26 Å². The van der Waals surface area contributed by atoms with Gasteiger partial charge in [-0.05, 0) is 25.3 Å². The van der Waals surface area contributed by atoms with E-state index < -0.39 is 0 Å². The molecule has 0 saturated carbocycles. The summed E-state index contributed by atoms with van der Waals surface area (Å²) in [6.45, 7) is 3.96. The van der Waals surface area contributed by atoms with Crippen molar-refractivity contribution in [2.75, 3.05) is 5.73 Å². The summed E-state index contributed by atoms with van der Waals surface area (Å²) in [5, 5.41) is 14.2. The van der Waals surface area contributed by atoms with Crippen LogP contribution in [-0.4, -0.2) is 25.9 Å². The minimum absolute atomic E-state index is 0.0238. The highest BCUT2D eigenvalue weighted by Crippen LogP contribution is 2.33. The summed E-state index contributed by atoms with van der Waals surface area (Å²) in [5.41, 5.74) is 11.6. The molecule has 33 heavy (non-hydrogen) atoms. The van der Waals surface area contributed by atoms with Crippen molar-refractivity contribution in [2.45, 2.75) is 39.0 Å². The molecule has 0 aliphatic heterocycles. The number of carbonyl (C=O) groups excluding carboxylic acids is 1. The molecular formula is C26H26N6O. The molecule has 1 aromatic carbocycles. The minimum Gasteiger partial charge on any atom is -0.382 e. The summed E-state index contributed by atoms with van der Waals surface area (Å²) < 4.78 is 1.52. The number of hydrogen-bond acceptors (Lipinski definition) is 6. The lowest BCUT2D eigenvalue weighted by molar-refractivity contribution is -0.110. The molecule has 2 N–H and O–H groups in total. The van der Waals surface area contributed by atoms with Gasteiger partial charge in [0.25, 0.3) is 0 Å². The van der Waals surface area contributed by atoms with Crippen LogP contribution >= 0.6 is 0 Å². The largest absolute Gasteiger partial charge is 0.382 e. The van der Waals surface area contributed by atoms with E-state index >= 15 is 0 Å². The van der Waals surface area contributed by atoms with Crippen LogP contribution in [0.4, 0.5) is 5.82 Å². The molecule has 0 bridgehead atoms. The fourth-order valence-electron chi connectivity index (χ4n) is 4.05. The molecule has 0 radical (unpaired) electrons. The molecule has 0 aliphatic rings. The number of benzene rings is 1. The van der Waals surface area contributed by atoms with Crippen LogP contribution in [0.2, 0.25) is 0 Å². The van der Waals surface area contributed by atoms with Crippen molar-refractivity contribution in [3.05, 3.63) is 66.1 Å². The molecule has 3 aromatic heterocycles. The Balaban J connectivity index is 1.77. The number of anilines is 1. The second-order valence-corrected chi connectivity index (χ2v) is 8.26. The Kier molecular flexibility index (Phi) is 6.45. The molecule has 166 valence electrons. The van der Waals surface area contributed by atoms with Gasteiger partial charge in [0.15, 0.2) is 5.65 Å². The van der Waals surface area contributed by atoms with Crippen LogP contribution in [0.25, 0.3) is 28.0 Å². The van der Waals surface area contributed by atoms with Crippen LogP contribution in [-0.2, 0) is 4.79 Å². The Labute approximate surface area is 192 Å². The second-order valence-electron chi connectivity index (χ2n) is 8.26. The number of hydrogen-bond donors (Lipinski definition) is 1. The third kappa shape index (κ3) is 4.33. The number of nitrogens with zero attached hydrogens (tertiary/aromatic N) is 5. The summed E-state index contributed by atoms with van der Waals surface area (Å²) in [4.78, 5) is 20.6. The van der Waals surface area contributed by atoms with E-state index in [-0.39, 0.29) is 17.7 Å².